The van der Waals surface area contributed by atoms with Gasteiger partial charge in [-0.3, -0.25) is 4.79 Å². The molecule has 0 saturated heterocycles. The number of fused-ring (bicyclic) bond motifs is 6. The van der Waals surface area contributed by atoms with Crippen molar-refractivity contribution in [2.24, 2.45) is 0 Å². The van der Waals surface area contributed by atoms with Gasteiger partial charge in [-0.1, -0.05) is 38.8 Å². The van der Waals surface area contributed by atoms with Crippen LogP contribution >= 0.6 is 0 Å². The molecule has 0 fully saturated rings. The Hall–Kier alpha value is -4.60. The molecular formula is C38H37F5O5. The van der Waals surface area contributed by atoms with Crippen molar-refractivity contribution in [1.29, 1.82) is 0 Å². The molecule has 10 heteroatoms. The molecule has 0 aliphatic heterocycles. The Morgan fingerprint density at radius 3 is 1.27 bits per heavy atom. The number of ketones is 1. The van der Waals surface area contributed by atoms with E-state index in [4.69, 9.17) is 18.9 Å². The van der Waals surface area contributed by atoms with E-state index in [1.54, 1.807) is 38.1 Å². The minimum atomic E-state index is -1.87. The van der Waals surface area contributed by atoms with Gasteiger partial charge in [-0.05, 0) is 85.3 Å². The number of halogens is 5. The van der Waals surface area contributed by atoms with Crippen molar-refractivity contribution in [2.45, 2.75) is 59.5 Å². The summed E-state index contributed by atoms with van der Waals surface area (Å²) in [4.78, 5) is 12.6. The van der Waals surface area contributed by atoms with Crippen LogP contribution in [0.5, 0.6) is 23.0 Å². The lowest BCUT2D eigenvalue weighted by molar-refractivity contribution is 0.103. The smallest absolute Gasteiger partial charge is 0.200 e. The molecule has 1 atom stereocenters. The highest BCUT2D eigenvalue weighted by molar-refractivity contribution is 6.22. The second kappa shape index (κ2) is 15.1. The fourth-order valence-corrected chi connectivity index (χ4v) is 5.80. The van der Waals surface area contributed by atoms with Crippen molar-refractivity contribution in [1.82, 2.24) is 0 Å². The molecule has 1 unspecified atom stereocenters. The molecule has 0 bridgehead atoms. The maximum Gasteiger partial charge on any atom is 0.200 e. The van der Waals surface area contributed by atoms with Crippen LogP contribution in [0.4, 0.5) is 22.0 Å². The van der Waals surface area contributed by atoms with Gasteiger partial charge in [0.1, 0.15) is 0 Å². The van der Waals surface area contributed by atoms with Gasteiger partial charge in [0.05, 0.1) is 37.6 Å². The third-order valence-corrected chi connectivity index (χ3v) is 8.15. The number of rotatable bonds is 12. The van der Waals surface area contributed by atoms with Gasteiger partial charge in [-0.15, -0.1) is 0 Å². The number of benzene rings is 4. The monoisotopic (exact) mass is 668 g/mol. The molecule has 0 radical (unpaired) electrons. The summed E-state index contributed by atoms with van der Waals surface area (Å²) >= 11 is 0. The highest BCUT2D eigenvalue weighted by Crippen LogP contribution is 2.51. The SMILES string of the molecule is CCCCOc1ccc2c(c1F)C(=O)c1c-2ccc(OCC)c1F.CCCCOc1ccc2c(c1F)C(F)c1c-2ccc(OCC)c1F. The minimum Gasteiger partial charge on any atom is -0.491 e. The lowest BCUT2D eigenvalue weighted by atomic mass is 10.0. The van der Waals surface area contributed by atoms with E-state index in [0.717, 1.165) is 25.7 Å². The molecule has 254 valence electrons. The Morgan fingerprint density at radius 2 is 0.875 bits per heavy atom. The Kier molecular flexibility index (Phi) is 10.9. The predicted molar refractivity (Wildman–Crippen MR) is 173 cm³/mol. The van der Waals surface area contributed by atoms with Crippen molar-refractivity contribution >= 4 is 5.78 Å². The fraction of sp³-hybridized carbons (Fsp3) is 0.342. The molecular weight excluding hydrogens is 631 g/mol. The van der Waals surface area contributed by atoms with Crippen LogP contribution in [0.2, 0.25) is 0 Å². The van der Waals surface area contributed by atoms with E-state index < -0.39 is 35.2 Å². The summed E-state index contributed by atoms with van der Waals surface area (Å²) in [5.41, 5.74) is 0.892. The third kappa shape index (κ3) is 6.32. The average Bonchev–Trinajstić information content (AvgIpc) is 3.54. The summed E-state index contributed by atoms with van der Waals surface area (Å²) in [5.74, 6) is -3.68. The van der Waals surface area contributed by atoms with Crippen molar-refractivity contribution < 1.29 is 45.7 Å². The van der Waals surface area contributed by atoms with Gasteiger partial charge < -0.3 is 18.9 Å². The van der Waals surface area contributed by atoms with E-state index in [1.807, 2.05) is 13.8 Å². The highest BCUT2D eigenvalue weighted by atomic mass is 19.2. The number of alkyl halides is 1. The van der Waals surface area contributed by atoms with E-state index in [2.05, 4.69) is 0 Å². The molecule has 0 aromatic heterocycles. The van der Waals surface area contributed by atoms with Crippen LogP contribution in [0, 0.1) is 23.3 Å². The van der Waals surface area contributed by atoms with Gasteiger partial charge in [-0.25, -0.2) is 22.0 Å². The molecule has 0 heterocycles. The molecule has 48 heavy (non-hydrogen) atoms. The van der Waals surface area contributed by atoms with Gasteiger partial charge >= 0.3 is 0 Å². The summed E-state index contributed by atoms with van der Waals surface area (Å²) in [6.07, 6.45) is 1.53. The second-order valence-corrected chi connectivity index (χ2v) is 11.2. The van der Waals surface area contributed by atoms with Crippen molar-refractivity contribution in [2.75, 3.05) is 26.4 Å². The molecule has 4 aromatic carbocycles. The topological polar surface area (TPSA) is 54.0 Å². The minimum absolute atomic E-state index is 0.00256. The number of hydrogen-bond donors (Lipinski definition) is 0. The van der Waals surface area contributed by atoms with Crippen LogP contribution in [-0.4, -0.2) is 32.2 Å². The lowest BCUT2D eigenvalue weighted by Gasteiger charge is -2.11. The maximum absolute atomic E-state index is 14.8. The van der Waals surface area contributed by atoms with Crippen molar-refractivity contribution in [3.63, 3.8) is 0 Å². The highest BCUT2D eigenvalue weighted by Gasteiger charge is 2.37. The first-order valence-electron chi connectivity index (χ1n) is 16.2. The van der Waals surface area contributed by atoms with Crippen LogP contribution in [0.3, 0.4) is 0 Å². The third-order valence-electron chi connectivity index (χ3n) is 8.15. The van der Waals surface area contributed by atoms with Crippen LogP contribution in [0.25, 0.3) is 22.3 Å². The quantitative estimate of drug-likeness (QED) is 0.0979. The molecule has 0 spiro atoms. The number of ether oxygens (including phenoxy) is 4. The molecule has 0 saturated carbocycles. The van der Waals surface area contributed by atoms with E-state index in [-0.39, 0.29) is 58.5 Å². The second-order valence-electron chi connectivity index (χ2n) is 11.2. The maximum atomic E-state index is 14.8. The Morgan fingerprint density at radius 1 is 0.521 bits per heavy atom. The van der Waals surface area contributed by atoms with Gasteiger partial charge in [0.15, 0.2) is 58.2 Å². The summed E-state index contributed by atoms with van der Waals surface area (Å²) < 4.78 is 94.4. The van der Waals surface area contributed by atoms with Crippen LogP contribution in [0.1, 0.15) is 86.6 Å². The van der Waals surface area contributed by atoms with Crippen LogP contribution in [0.15, 0.2) is 48.5 Å². The number of hydrogen-bond acceptors (Lipinski definition) is 5. The molecule has 0 N–H and O–H groups in total. The van der Waals surface area contributed by atoms with Gasteiger partial charge in [-0.2, -0.15) is 0 Å². The molecule has 2 aliphatic carbocycles. The Bertz CT molecular complexity index is 1820. The zero-order chi connectivity index (χ0) is 34.5. The molecule has 6 rings (SSSR count). The van der Waals surface area contributed by atoms with Crippen LogP contribution < -0.4 is 18.9 Å². The molecule has 5 nitrogen and oxygen atoms in total. The first-order valence-corrected chi connectivity index (χ1v) is 16.2. The number of carbonyl (C=O) groups is 1. The van der Waals surface area contributed by atoms with Gasteiger partial charge in [0.2, 0.25) is 0 Å². The largest absolute Gasteiger partial charge is 0.491 e. The van der Waals surface area contributed by atoms with Crippen molar-refractivity contribution in [3.05, 3.63) is 94.1 Å². The van der Waals surface area contributed by atoms with E-state index >= 15 is 0 Å². The van der Waals surface area contributed by atoms with Gasteiger partial charge in [0.25, 0.3) is 0 Å². The molecule has 4 aromatic rings. The fourth-order valence-electron chi connectivity index (χ4n) is 5.80. The summed E-state index contributed by atoms with van der Waals surface area (Å²) in [6, 6.07) is 12.2. The number of unbranched alkanes of at least 4 members (excludes halogenated alkanes) is 2. The first kappa shape index (κ1) is 34.7. The molecule has 2 aliphatic rings. The zero-order valence-corrected chi connectivity index (χ0v) is 27.3. The van der Waals surface area contributed by atoms with Gasteiger partial charge in [0, 0.05) is 11.1 Å². The Balaban J connectivity index is 0.000000188. The predicted octanol–water partition coefficient (Wildman–Crippen LogP) is 10.3. The zero-order valence-electron chi connectivity index (χ0n) is 27.3. The normalized spacial score (nSPS) is 13.6. The summed E-state index contributed by atoms with van der Waals surface area (Å²) in [6.45, 7) is 8.71. The average molecular weight is 669 g/mol. The lowest BCUT2D eigenvalue weighted by Crippen LogP contribution is -2.06. The van der Waals surface area contributed by atoms with E-state index in [1.165, 1.54) is 24.3 Å². The standard InChI is InChI=1S/C19H19F3O2.C19H18F2O3/c2*1-3-5-10-24-14-9-7-12-11-6-8-13(23-4-2)17(20)15(11)19(22)16(12)18(14)21/h6-9,19H,3-5,10H2,1-2H3;6-9H,3-5,10H2,1-2H3. The summed E-state index contributed by atoms with van der Waals surface area (Å²) in [5, 5.41) is 0. The van der Waals surface area contributed by atoms with E-state index in [9.17, 15) is 26.7 Å². The van der Waals surface area contributed by atoms with Crippen molar-refractivity contribution in [3.8, 4) is 45.3 Å². The molecule has 0 amide bonds. The van der Waals surface area contributed by atoms with Crippen LogP contribution in [-0.2, 0) is 0 Å². The number of carbonyl (C=O) groups excluding carboxylic acids is 1. The summed E-state index contributed by atoms with van der Waals surface area (Å²) in [7, 11) is 0. The first-order chi connectivity index (χ1) is 23.2. The Labute approximate surface area is 276 Å². The van der Waals surface area contributed by atoms with E-state index in [0.29, 0.717) is 35.5 Å².